The van der Waals surface area contributed by atoms with Crippen LogP contribution in [0.1, 0.15) is 40.6 Å². The minimum absolute atomic E-state index is 0.0111. The van der Waals surface area contributed by atoms with Gasteiger partial charge in [0.1, 0.15) is 5.82 Å². The maximum Gasteiger partial charge on any atom is 0.416 e. The molecule has 0 N–H and O–H groups in total. The van der Waals surface area contributed by atoms with Crippen LogP contribution in [0.15, 0.2) is 52.9 Å². The molecule has 1 aliphatic heterocycles. The summed E-state index contributed by atoms with van der Waals surface area (Å²) in [7, 11) is 0. The smallest absolute Gasteiger partial charge is 0.416 e. The fourth-order valence-corrected chi connectivity index (χ4v) is 3.48. The predicted molar refractivity (Wildman–Crippen MR) is 99.0 cm³/mol. The normalized spacial score (nSPS) is 17.2. The Hall–Kier alpha value is -3.23. The van der Waals surface area contributed by atoms with Crippen LogP contribution in [-0.2, 0) is 6.18 Å². The Morgan fingerprint density at radius 3 is 2.60 bits per heavy atom. The molecule has 0 spiro atoms. The molecule has 0 aliphatic carbocycles. The molecule has 3 aromatic rings. The summed E-state index contributed by atoms with van der Waals surface area (Å²) in [6, 6.07) is 10.0. The molecule has 1 fully saturated rings. The molecule has 0 radical (unpaired) electrons. The molecule has 156 valence electrons. The maximum absolute atomic E-state index is 13.1. The van der Waals surface area contributed by atoms with E-state index in [1.807, 2.05) is 0 Å². The number of aromatic nitrogens is 2. The highest BCUT2D eigenvalue weighted by Crippen LogP contribution is 2.32. The third-order valence-corrected chi connectivity index (χ3v) is 5.03. The molecule has 1 aliphatic rings. The number of hydrogen-bond donors (Lipinski definition) is 0. The number of benzene rings is 2. The van der Waals surface area contributed by atoms with Crippen LogP contribution >= 0.6 is 0 Å². The highest BCUT2D eigenvalue weighted by molar-refractivity contribution is 5.94. The lowest BCUT2D eigenvalue weighted by molar-refractivity contribution is -0.137. The van der Waals surface area contributed by atoms with Crippen molar-refractivity contribution in [3.8, 4) is 11.5 Å². The first-order valence-electron chi connectivity index (χ1n) is 9.37. The number of amides is 1. The van der Waals surface area contributed by atoms with Gasteiger partial charge in [0.2, 0.25) is 11.8 Å². The minimum atomic E-state index is -4.51. The molecule has 4 rings (SSSR count). The lowest BCUT2D eigenvalue weighted by Crippen LogP contribution is -2.39. The summed E-state index contributed by atoms with van der Waals surface area (Å²) in [6.45, 7) is 0.699. The molecule has 1 aromatic heterocycles. The Morgan fingerprint density at radius 2 is 1.87 bits per heavy atom. The summed E-state index contributed by atoms with van der Waals surface area (Å²) in [5.41, 5.74) is -0.298. The monoisotopic (exact) mass is 419 g/mol. The van der Waals surface area contributed by atoms with Gasteiger partial charge in [-0.25, -0.2) is 4.39 Å². The van der Waals surface area contributed by atoms with E-state index in [0.29, 0.717) is 30.8 Å². The van der Waals surface area contributed by atoms with Crippen molar-refractivity contribution in [3.63, 3.8) is 0 Å². The Morgan fingerprint density at radius 1 is 1.10 bits per heavy atom. The van der Waals surface area contributed by atoms with Crippen LogP contribution in [0.5, 0.6) is 0 Å². The number of carbonyl (C=O) groups is 1. The Labute approximate surface area is 169 Å². The van der Waals surface area contributed by atoms with E-state index < -0.39 is 17.6 Å². The molecule has 1 amide bonds. The first-order chi connectivity index (χ1) is 14.3. The van der Waals surface area contributed by atoms with E-state index in [0.717, 1.165) is 12.1 Å². The Kier molecular flexibility index (Phi) is 5.27. The van der Waals surface area contributed by atoms with E-state index in [1.165, 1.54) is 41.3 Å². The van der Waals surface area contributed by atoms with Crippen molar-refractivity contribution < 1.29 is 26.8 Å². The molecule has 1 atom stereocenters. The number of nitrogens with zero attached hydrogens (tertiary/aromatic N) is 3. The zero-order valence-corrected chi connectivity index (χ0v) is 15.7. The van der Waals surface area contributed by atoms with E-state index >= 15 is 0 Å². The summed E-state index contributed by atoms with van der Waals surface area (Å²) in [4.78, 5) is 14.3. The van der Waals surface area contributed by atoms with E-state index in [1.54, 1.807) is 0 Å². The first kappa shape index (κ1) is 20.1. The first-order valence-corrected chi connectivity index (χ1v) is 9.37. The number of carbonyl (C=O) groups excluding carboxylic acids is 1. The number of rotatable bonds is 3. The molecule has 1 saturated heterocycles. The van der Waals surface area contributed by atoms with Crippen LogP contribution in [-0.4, -0.2) is 34.1 Å². The summed E-state index contributed by atoms with van der Waals surface area (Å²) in [5.74, 6) is -0.490. The fourth-order valence-electron chi connectivity index (χ4n) is 3.48. The fraction of sp³-hybridized carbons (Fsp3) is 0.286. The lowest BCUT2D eigenvalue weighted by Gasteiger charge is -2.31. The van der Waals surface area contributed by atoms with Crippen molar-refractivity contribution in [1.82, 2.24) is 15.1 Å². The van der Waals surface area contributed by atoms with Crippen LogP contribution < -0.4 is 0 Å². The second kappa shape index (κ2) is 7.89. The Bertz CT molecular complexity index is 1050. The van der Waals surface area contributed by atoms with Gasteiger partial charge in [0.15, 0.2) is 0 Å². The number of piperidine rings is 1. The van der Waals surface area contributed by atoms with E-state index in [-0.39, 0.29) is 29.7 Å². The van der Waals surface area contributed by atoms with Crippen molar-refractivity contribution in [3.05, 3.63) is 71.4 Å². The molecule has 2 heterocycles. The molecule has 5 nitrogen and oxygen atoms in total. The summed E-state index contributed by atoms with van der Waals surface area (Å²) in [6.07, 6.45) is -3.15. The average Bonchev–Trinajstić information content (AvgIpc) is 3.24. The van der Waals surface area contributed by atoms with Gasteiger partial charge in [-0.05, 0) is 55.3 Å². The number of alkyl halides is 3. The van der Waals surface area contributed by atoms with Gasteiger partial charge in [0, 0.05) is 24.2 Å². The number of hydrogen-bond acceptors (Lipinski definition) is 4. The number of likely N-dealkylation sites (tertiary alicyclic amines) is 1. The van der Waals surface area contributed by atoms with Crippen LogP contribution in [0.25, 0.3) is 11.5 Å². The highest BCUT2D eigenvalue weighted by atomic mass is 19.4. The molecule has 0 saturated carbocycles. The third-order valence-electron chi connectivity index (χ3n) is 5.03. The standard InChI is InChI=1S/C21H17F4N3O2/c22-17-8-6-13(7-9-17)18-26-27-19(30-18)15-4-2-10-28(12-15)20(29)14-3-1-5-16(11-14)21(23,24)25/h1,3,5-9,11,15H,2,4,10,12H2. The number of halogens is 4. The SMILES string of the molecule is O=C(c1cccc(C(F)(F)F)c1)N1CCCC(c2nnc(-c3ccc(F)cc3)o2)C1. The molecule has 1 unspecified atom stereocenters. The molecule has 2 aromatic carbocycles. The highest BCUT2D eigenvalue weighted by Gasteiger charge is 2.33. The lowest BCUT2D eigenvalue weighted by atomic mass is 9.97. The van der Waals surface area contributed by atoms with Gasteiger partial charge in [-0.2, -0.15) is 13.2 Å². The molecular weight excluding hydrogens is 402 g/mol. The zero-order chi connectivity index (χ0) is 21.3. The predicted octanol–water partition coefficient (Wildman–Crippen LogP) is 4.91. The van der Waals surface area contributed by atoms with Crippen LogP contribution in [0.4, 0.5) is 17.6 Å². The van der Waals surface area contributed by atoms with Crippen molar-refractivity contribution in [2.75, 3.05) is 13.1 Å². The van der Waals surface area contributed by atoms with Crippen LogP contribution in [0.3, 0.4) is 0 Å². The summed E-state index contributed by atoms with van der Waals surface area (Å²) >= 11 is 0. The average molecular weight is 419 g/mol. The second-order valence-electron chi connectivity index (χ2n) is 7.12. The summed E-state index contributed by atoms with van der Waals surface area (Å²) in [5, 5.41) is 8.04. The zero-order valence-electron chi connectivity index (χ0n) is 15.7. The van der Waals surface area contributed by atoms with Gasteiger partial charge >= 0.3 is 6.18 Å². The maximum atomic E-state index is 13.1. The molecule has 0 bridgehead atoms. The van der Waals surface area contributed by atoms with Crippen molar-refractivity contribution in [2.45, 2.75) is 24.9 Å². The Balaban J connectivity index is 1.50. The molecule has 9 heteroatoms. The van der Waals surface area contributed by atoms with Gasteiger partial charge in [-0.15, -0.1) is 10.2 Å². The molecular formula is C21H17F4N3O2. The second-order valence-corrected chi connectivity index (χ2v) is 7.12. The minimum Gasteiger partial charge on any atom is -0.420 e. The third kappa shape index (κ3) is 4.19. The van der Waals surface area contributed by atoms with Gasteiger partial charge in [0.05, 0.1) is 11.5 Å². The largest absolute Gasteiger partial charge is 0.420 e. The van der Waals surface area contributed by atoms with Gasteiger partial charge in [-0.1, -0.05) is 6.07 Å². The van der Waals surface area contributed by atoms with E-state index in [9.17, 15) is 22.4 Å². The van der Waals surface area contributed by atoms with Gasteiger partial charge < -0.3 is 9.32 Å². The summed E-state index contributed by atoms with van der Waals surface area (Å²) < 4.78 is 57.6. The quantitative estimate of drug-likeness (QED) is 0.566. The van der Waals surface area contributed by atoms with E-state index in [4.69, 9.17) is 4.42 Å². The van der Waals surface area contributed by atoms with Gasteiger partial charge in [0.25, 0.3) is 5.91 Å². The topological polar surface area (TPSA) is 59.2 Å². The van der Waals surface area contributed by atoms with Gasteiger partial charge in [-0.3, -0.25) is 4.79 Å². The van der Waals surface area contributed by atoms with E-state index in [2.05, 4.69) is 10.2 Å². The van der Waals surface area contributed by atoms with Crippen molar-refractivity contribution in [2.24, 2.45) is 0 Å². The molecule has 30 heavy (non-hydrogen) atoms. The van der Waals surface area contributed by atoms with Crippen molar-refractivity contribution >= 4 is 5.91 Å². The van der Waals surface area contributed by atoms with Crippen LogP contribution in [0, 0.1) is 5.82 Å². The van der Waals surface area contributed by atoms with Crippen molar-refractivity contribution in [1.29, 1.82) is 0 Å². The van der Waals surface area contributed by atoms with Crippen LogP contribution in [0.2, 0.25) is 0 Å².